The highest BCUT2D eigenvalue weighted by Gasteiger charge is 2.21. The van der Waals surface area contributed by atoms with E-state index in [0.29, 0.717) is 25.9 Å². The van der Waals surface area contributed by atoms with Crippen molar-refractivity contribution in [3.8, 4) is 0 Å². The summed E-state index contributed by atoms with van der Waals surface area (Å²) < 4.78 is 5.38. The summed E-state index contributed by atoms with van der Waals surface area (Å²) in [5.74, 6) is -0.242. The molecule has 0 radical (unpaired) electrons. The first-order valence-corrected chi connectivity index (χ1v) is 9.24. The number of esters is 1. The number of carboxylic acid groups (broad SMARTS) is 1. The number of nitrogens with two attached hydrogens (primary N) is 1. The van der Waals surface area contributed by atoms with E-state index in [9.17, 15) is 9.59 Å². The van der Waals surface area contributed by atoms with Crippen LogP contribution in [0.2, 0.25) is 0 Å². The zero-order chi connectivity index (χ0) is 18.2. The summed E-state index contributed by atoms with van der Waals surface area (Å²) in [7, 11) is 0. The number of hydrogen-bond acceptors (Lipinski definition) is 7. The van der Waals surface area contributed by atoms with Crippen LogP contribution in [0.1, 0.15) is 40.0 Å². The van der Waals surface area contributed by atoms with Gasteiger partial charge in [-0.2, -0.15) is 0 Å². The fourth-order valence-corrected chi connectivity index (χ4v) is 3.13. The predicted molar refractivity (Wildman–Crippen MR) is 96.5 cm³/mol. The van der Waals surface area contributed by atoms with Crippen LogP contribution in [0.3, 0.4) is 0 Å². The van der Waals surface area contributed by atoms with Gasteiger partial charge in [-0.3, -0.25) is 19.5 Å². The Labute approximate surface area is 148 Å². The molecule has 0 spiro atoms. The lowest BCUT2D eigenvalue weighted by Crippen LogP contribution is -2.38. The van der Waals surface area contributed by atoms with Crippen LogP contribution in [0.15, 0.2) is 4.99 Å². The number of carbonyl (C=O) groups is 2. The third-order valence-corrected chi connectivity index (χ3v) is 4.31. The maximum Gasteiger partial charge on any atom is 0.320 e. The quantitative estimate of drug-likeness (QED) is 0.448. The summed E-state index contributed by atoms with van der Waals surface area (Å²) in [5, 5.41) is 9.83. The molecule has 0 aromatic rings. The van der Waals surface area contributed by atoms with Gasteiger partial charge in [0.1, 0.15) is 11.6 Å². The zero-order valence-corrected chi connectivity index (χ0v) is 15.6. The Bertz CT molecular complexity index is 463. The van der Waals surface area contributed by atoms with Gasteiger partial charge in [-0.05, 0) is 40.2 Å². The van der Waals surface area contributed by atoms with Gasteiger partial charge in [-0.15, -0.1) is 11.8 Å². The number of unbranched alkanes of at least 4 members (excludes halogenated alkanes) is 1. The van der Waals surface area contributed by atoms with Gasteiger partial charge < -0.3 is 15.6 Å². The van der Waals surface area contributed by atoms with Crippen molar-refractivity contribution in [1.82, 2.24) is 4.90 Å². The minimum Gasteiger partial charge on any atom is -0.480 e. The third kappa shape index (κ3) is 9.24. The van der Waals surface area contributed by atoms with E-state index in [2.05, 4.69) is 4.99 Å². The molecule has 1 atom stereocenters. The molecule has 7 nitrogen and oxygen atoms in total. The predicted octanol–water partition coefficient (Wildman–Crippen LogP) is 1.36. The molecular formula is C16H29N3O4S. The number of hydrogen-bond donors (Lipinski definition) is 2. The monoisotopic (exact) mass is 359 g/mol. The Morgan fingerprint density at radius 3 is 2.67 bits per heavy atom. The smallest absolute Gasteiger partial charge is 0.320 e. The number of aliphatic imine (C=N–C) groups is 1. The second-order valence-corrected chi connectivity index (χ2v) is 8.03. The van der Waals surface area contributed by atoms with Crippen LogP contribution >= 0.6 is 11.8 Å². The number of aliphatic carboxylic acids is 1. The number of carboxylic acids is 1. The Morgan fingerprint density at radius 2 is 2.12 bits per heavy atom. The van der Waals surface area contributed by atoms with E-state index in [1.54, 1.807) is 11.8 Å². The third-order valence-electron chi connectivity index (χ3n) is 3.34. The topological polar surface area (TPSA) is 105 Å². The molecule has 8 heteroatoms. The van der Waals surface area contributed by atoms with Crippen molar-refractivity contribution >= 4 is 28.7 Å². The van der Waals surface area contributed by atoms with Gasteiger partial charge in [0.2, 0.25) is 0 Å². The molecule has 1 rings (SSSR count). The van der Waals surface area contributed by atoms with Gasteiger partial charge >= 0.3 is 11.9 Å². The standard InChI is InChI=1S/C16H29N3O4S/c1-16(2,3)23-14(20)11-19(10-13-18-7-9-24-13)8-5-4-6-12(17)15(21)22/h12H,4-11,17H2,1-3H3,(H,21,22)/t12-/m0/s1. The van der Waals surface area contributed by atoms with E-state index in [1.807, 2.05) is 25.7 Å². The van der Waals surface area contributed by atoms with Gasteiger partial charge in [0.25, 0.3) is 0 Å². The Kier molecular flexibility index (Phi) is 8.72. The fourth-order valence-electron chi connectivity index (χ4n) is 2.26. The fraction of sp³-hybridized carbons (Fsp3) is 0.812. The Hall–Kier alpha value is -1.12. The van der Waals surface area contributed by atoms with Crippen LogP contribution in [0.5, 0.6) is 0 Å². The number of nitrogens with zero attached hydrogens (tertiary/aromatic N) is 2. The van der Waals surface area contributed by atoms with E-state index in [1.165, 1.54) is 0 Å². The van der Waals surface area contributed by atoms with Crippen molar-refractivity contribution in [1.29, 1.82) is 0 Å². The van der Waals surface area contributed by atoms with Crippen molar-refractivity contribution < 1.29 is 19.4 Å². The molecule has 1 aliphatic rings. The molecule has 0 unspecified atom stereocenters. The van der Waals surface area contributed by atoms with Crippen LogP contribution in [0, 0.1) is 0 Å². The first-order chi connectivity index (χ1) is 11.2. The molecule has 0 saturated carbocycles. The Morgan fingerprint density at radius 1 is 1.42 bits per heavy atom. The van der Waals surface area contributed by atoms with Gasteiger partial charge in [0.15, 0.2) is 0 Å². The maximum absolute atomic E-state index is 12.1. The van der Waals surface area contributed by atoms with Crippen molar-refractivity contribution in [2.75, 3.05) is 31.9 Å². The molecule has 1 heterocycles. The number of rotatable bonds is 10. The zero-order valence-electron chi connectivity index (χ0n) is 14.8. The molecule has 3 N–H and O–H groups in total. The lowest BCUT2D eigenvalue weighted by atomic mass is 10.1. The molecule has 0 aromatic carbocycles. The largest absolute Gasteiger partial charge is 0.480 e. The van der Waals surface area contributed by atoms with Crippen molar-refractivity contribution in [2.24, 2.45) is 10.7 Å². The summed E-state index contributed by atoms with van der Waals surface area (Å²) in [6, 6.07) is -0.820. The average Bonchev–Trinajstić information content (AvgIpc) is 2.93. The van der Waals surface area contributed by atoms with Crippen LogP contribution in [0.25, 0.3) is 0 Å². The molecular weight excluding hydrogens is 330 g/mol. The molecule has 0 saturated heterocycles. The minimum absolute atomic E-state index is 0.210. The maximum atomic E-state index is 12.1. The summed E-state index contributed by atoms with van der Waals surface area (Å²) >= 11 is 1.72. The van der Waals surface area contributed by atoms with E-state index in [-0.39, 0.29) is 12.5 Å². The second kappa shape index (κ2) is 10.0. The number of ether oxygens (including phenoxy) is 1. The molecule has 138 valence electrons. The highest BCUT2D eigenvalue weighted by atomic mass is 32.2. The van der Waals surface area contributed by atoms with E-state index in [0.717, 1.165) is 23.8 Å². The molecule has 0 aliphatic carbocycles. The second-order valence-electron chi connectivity index (χ2n) is 6.86. The van der Waals surface area contributed by atoms with E-state index >= 15 is 0 Å². The SMILES string of the molecule is CC(C)(C)OC(=O)CN(CCCC[C@H](N)C(=O)O)CC1=NCCS1. The molecule has 24 heavy (non-hydrogen) atoms. The highest BCUT2D eigenvalue weighted by Crippen LogP contribution is 2.14. The molecule has 0 aromatic heterocycles. The van der Waals surface area contributed by atoms with Crippen LogP contribution in [-0.2, 0) is 14.3 Å². The summed E-state index contributed by atoms with van der Waals surface area (Å²) in [6.45, 7) is 7.90. The molecule has 0 amide bonds. The normalized spacial score (nSPS) is 16.1. The lowest BCUT2D eigenvalue weighted by molar-refractivity contribution is -0.155. The van der Waals surface area contributed by atoms with Crippen LogP contribution in [0.4, 0.5) is 0 Å². The summed E-state index contributed by atoms with van der Waals surface area (Å²) in [6.07, 6.45) is 1.92. The first-order valence-electron chi connectivity index (χ1n) is 8.26. The lowest BCUT2D eigenvalue weighted by Gasteiger charge is -2.25. The van der Waals surface area contributed by atoms with Crippen molar-refractivity contribution in [3.63, 3.8) is 0 Å². The van der Waals surface area contributed by atoms with Crippen LogP contribution in [-0.4, -0.2) is 70.6 Å². The molecule has 0 bridgehead atoms. The number of carbonyl (C=O) groups excluding carboxylic acids is 1. The van der Waals surface area contributed by atoms with Crippen molar-refractivity contribution in [3.05, 3.63) is 0 Å². The van der Waals surface area contributed by atoms with Crippen LogP contribution < -0.4 is 5.73 Å². The Balaban J connectivity index is 2.45. The molecule has 0 fully saturated rings. The van der Waals surface area contributed by atoms with E-state index < -0.39 is 17.6 Å². The highest BCUT2D eigenvalue weighted by molar-refractivity contribution is 8.14. The summed E-state index contributed by atoms with van der Waals surface area (Å²) in [5.41, 5.74) is 5.00. The van der Waals surface area contributed by atoms with Gasteiger partial charge in [-0.1, -0.05) is 6.42 Å². The minimum atomic E-state index is -0.975. The molecule has 1 aliphatic heterocycles. The summed E-state index contributed by atoms with van der Waals surface area (Å²) in [4.78, 5) is 29.2. The first kappa shape index (κ1) is 20.9. The number of thioether (sulfide) groups is 1. The van der Waals surface area contributed by atoms with Gasteiger partial charge in [0.05, 0.1) is 11.6 Å². The van der Waals surface area contributed by atoms with Crippen molar-refractivity contribution in [2.45, 2.75) is 51.7 Å². The van der Waals surface area contributed by atoms with Gasteiger partial charge in [-0.25, -0.2) is 0 Å². The average molecular weight is 359 g/mol. The van der Waals surface area contributed by atoms with Gasteiger partial charge in [0, 0.05) is 18.8 Å². The van der Waals surface area contributed by atoms with E-state index in [4.69, 9.17) is 15.6 Å².